The Hall–Kier alpha value is -2.36. The molecule has 0 aromatic heterocycles. The smallest absolute Gasteiger partial charge is 0.228 e. The van der Waals surface area contributed by atoms with Gasteiger partial charge in [-0.3, -0.25) is 4.79 Å². The van der Waals surface area contributed by atoms with E-state index >= 15 is 0 Å². The summed E-state index contributed by atoms with van der Waals surface area (Å²) in [6, 6.07) is 9.59. The lowest BCUT2D eigenvalue weighted by Crippen LogP contribution is -2.14. The van der Waals surface area contributed by atoms with Gasteiger partial charge in [-0.1, -0.05) is 18.2 Å². The van der Waals surface area contributed by atoms with Gasteiger partial charge < -0.3 is 10.4 Å². The summed E-state index contributed by atoms with van der Waals surface area (Å²) in [4.78, 5) is 11.9. The fraction of sp³-hybridized carbons (Fsp3) is 0.188. The van der Waals surface area contributed by atoms with Gasteiger partial charge in [-0.25, -0.2) is 4.39 Å². The summed E-state index contributed by atoms with van der Waals surface area (Å²) in [7, 11) is 0. The lowest BCUT2D eigenvalue weighted by Gasteiger charge is -2.07. The molecular formula is C16H16FNO2. The second kappa shape index (κ2) is 5.74. The first kappa shape index (κ1) is 14.1. The van der Waals surface area contributed by atoms with Crippen molar-refractivity contribution < 1.29 is 14.3 Å². The van der Waals surface area contributed by atoms with Gasteiger partial charge in [0, 0.05) is 11.8 Å². The van der Waals surface area contributed by atoms with Gasteiger partial charge in [0.1, 0.15) is 0 Å². The van der Waals surface area contributed by atoms with E-state index in [2.05, 4.69) is 5.32 Å². The van der Waals surface area contributed by atoms with Crippen molar-refractivity contribution in [1.29, 1.82) is 0 Å². The van der Waals surface area contributed by atoms with E-state index in [0.717, 1.165) is 17.2 Å². The molecule has 0 spiro atoms. The van der Waals surface area contributed by atoms with Gasteiger partial charge >= 0.3 is 0 Å². The van der Waals surface area contributed by atoms with Gasteiger partial charge in [0.15, 0.2) is 11.6 Å². The van der Waals surface area contributed by atoms with Crippen LogP contribution >= 0.6 is 0 Å². The Kier molecular flexibility index (Phi) is 4.03. The molecule has 20 heavy (non-hydrogen) atoms. The molecule has 0 atom stereocenters. The molecule has 2 N–H and O–H groups in total. The van der Waals surface area contributed by atoms with Gasteiger partial charge in [0.25, 0.3) is 0 Å². The van der Waals surface area contributed by atoms with Crippen molar-refractivity contribution in [3.05, 3.63) is 58.9 Å². The third-order valence-corrected chi connectivity index (χ3v) is 3.17. The topological polar surface area (TPSA) is 49.3 Å². The molecule has 0 fully saturated rings. The Morgan fingerprint density at radius 3 is 2.55 bits per heavy atom. The van der Waals surface area contributed by atoms with Crippen LogP contribution in [0.5, 0.6) is 5.75 Å². The number of hydrogen-bond acceptors (Lipinski definition) is 2. The molecule has 0 aliphatic rings. The number of aromatic hydroxyl groups is 1. The van der Waals surface area contributed by atoms with E-state index in [9.17, 15) is 9.18 Å². The van der Waals surface area contributed by atoms with E-state index in [0.29, 0.717) is 5.69 Å². The standard InChI is InChI=1S/C16H16FNO2/c1-10-3-4-12(7-11(10)2)8-16(20)18-13-5-6-15(19)14(17)9-13/h3-7,9,19H,8H2,1-2H3,(H,18,20). The number of benzene rings is 2. The van der Waals surface area contributed by atoms with E-state index in [4.69, 9.17) is 5.11 Å². The Morgan fingerprint density at radius 2 is 1.90 bits per heavy atom. The molecule has 2 aromatic rings. The Bertz CT molecular complexity index is 597. The Balaban J connectivity index is 2.04. The minimum Gasteiger partial charge on any atom is -0.505 e. The second-order valence-corrected chi connectivity index (χ2v) is 4.81. The van der Waals surface area contributed by atoms with Crippen LogP contribution in [-0.4, -0.2) is 11.0 Å². The van der Waals surface area contributed by atoms with E-state index in [-0.39, 0.29) is 12.3 Å². The number of anilines is 1. The van der Waals surface area contributed by atoms with Crippen LogP contribution < -0.4 is 5.32 Å². The largest absolute Gasteiger partial charge is 0.505 e. The van der Waals surface area contributed by atoms with Crippen molar-refractivity contribution in [3.8, 4) is 5.75 Å². The first-order valence-corrected chi connectivity index (χ1v) is 6.30. The zero-order chi connectivity index (χ0) is 14.7. The lowest BCUT2D eigenvalue weighted by molar-refractivity contribution is -0.115. The van der Waals surface area contributed by atoms with Gasteiger partial charge in [0.05, 0.1) is 6.42 Å². The van der Waals surface area contributed by atoms with Crippen LogP contribution in [-0.2, 0) is 11.2 Å². The number of rotatable bonds is 3. The summed E-state index contributed by atoms with van der Waals surface area (Å²) in [5.41, 5.74) is 3.54. The summed E-state index contributed by atoms with van der Waals surface area (Å²) in [6.07, 6.45) is 0.226. The molecule has 2 aromatic carbocycles. The summed E-state index contributed by atoms with van der Waals surface area (Å²) in [6.45, 7) is 4.00. The zero-order valence-electron chi connectivity index (χ0n) is 11.4. The maximum absolute atomic E-state index is 13.2. The highest BCUT2D eigenvalue weighted by molar-refractivity contribution is 5.92. The first-order chi connectivity index (χ1) is 9.45. The van der Waals surface area contributed by atoms with Crippen molar-refractivity contribution >= 4 is 11.6 Å². The molecule has 2 rings (SSSR count). The van der Waals surface area contributed by atoms with Crippen LogP contribution in [0.4, 0.5) is 10.1 Å². The highest BCUT2D eigenvalue weighted by Crippen LogP contribution is 2.19. The number of halogens is 1. The minimum absolute atomic E-state index is 0.224. The summed E-state index contributed by atoms with van der Waals surface area (Å²) >= 11 is 0. The quantitative estimate of drug-likeness (QED) is 0.843. The molecule has 0 saturated heterocycles. The molecule has 0 heterocycles. The fourth-order valence-corrected chi connectivity index (χ4v) is 1.89. The van der Waals surface area contributed by atoms with Crippen LogP contribution in [0.25, 0.3) is 0 Å². The van der Waals surface area contributed by atoms with Crippen LogP contribution in [0.1, 0.15) is 16.7 Å². The molecule has 0 unspecified atom stereocenters. The molecule has 3 nitrogen and oxygen atoms in total. The molecule has 4 heteroatoms. The van der Waals surface area contributed by atoms with E-state index < -0.39 is 11.6 Å². The third-order valence-electron chi connectivity index (χ3n) is 3.17. The van der Waals surface area contributed by atoms with Gasteiger partial charge in [-0.05, 0) is 42.7 Å². The fourth-order valence-electron chi connectivity index (χ4n) is 1.89. The van der Waals surface area contributed by atoms with Crippen molar-refractivity contribution in [2.45, 2.75) is 20.3 Å². The molecule has 0 aliphatic heterocycles. The summed E-state index contributed by atoms with van der Waals surface area (Å²) in [5.74, 6) is -1.41. The maximum atomic E-state index is 13.2. The van der Waals surface area contributed by atoms with E-state index in [1.54, 1.807) is 0 Å². The average Bonchev–Trinajstić information content (AvgIpc) is 2.38. The van der Waals surface area contributed by atoms with E-state index in [1.807, 2.05) is 32.0 Å². The Labute approximate surface area is 117 Å². The molecule has 0 radical (unpaired) electrons. The highest BCUT2D eigenvalue weighted by atomic mass is 19.1. The van der Waals surface area contributed by atoms with Gasteiger partial charge in [-0.15, -0.1) is 0 Å². The van der Waals surface area contributed by atoms with Gasteiger partial charge in [0.2, 0.25) is 5.91 Å². The van der Waals surface area contributed by atoms with Crippen molar-refractivity contribution in [2.24, 2.45) is 0 Å². The van der Waals surface area contributed by atoms with Crippen molar-refractivity contribution in [1.82, 2.24) is 0 Å². The number of phenols is 1. The SMILES string of the molecule is Cc1ccc(CC(=O)Nc2ccc(O)c(F)c2)cc1C. The number of amides is 1. The summed E-state index contributed by atoms with van der Waals surface area (Å²) in [5, 5.41) is 11.7. The second-order valence-electron chi connectivity index (χ2n) is 4.81. The van der Waals surface area contributed by atoms with Crippen LogP contribution in [0.3, 0.4) is 0 Å². The maximum Gasteiger partial charge on any atom is 0.228 e. The molecule has 104 valence electrons. The van der Waals surface area contributed by atoms with Crippen LogP contribution in [0, 0.1) is 19.7 Å². The average molecular weight is 273 g/mol. The summed E-state index contributed by atoms with van der Waals surface area (Å²) < 4.78 is 13.2. The minimum atomic E-state index is -0.756. The normalized spacial score (nSPS) is 10.3. The number of nitrogens with one attached hydrogen (secondary N) is 1. The van der Waals surface area contributed by atoms with E-state index in [1.165, 1.54) is 17.7 Å². The van der Waals surface area contributed by atoms with Crippen LogP contribution in [0.15, 0.2) is 36.4 Å². The number of phenolic OH excluding ortho intramolecular Hbond substituents is 1. The predicted molar refractivity (Wildman–Crippen MR) is 76.3 cm³/mol. The first-order valence-electron chi connectivity index (χ1n) is 6.30. The number of carbonyl (C=O) groups is 1. The molecule has 0 aliphatic carbocycles. The molecule has 0 saturated carbocycles. The molecular weight excluding hydrogens is 257 g/mol. The lowest BCUT2D eigenvalue weighted by atomic mass is 10.0. The number of hydrogen-bond donors (Lipinski definition) is 2. The van der Waals surface area contributed by atoms with Crippen molar-refractivity contribution in [3.63, 3.8) is 0 Å². The predicted octanol–water partition coefficient (Wildman–Crippen LogP) is 3.33. The number of aryl methyl sites for hydroxylation is 2. The molecule has 0 bridgehead atoms. The number of carbonyl (C=O) groups excluding carboxylic acids is 1. The Morgan fingerprint density at radius 1 is 1.15 bits per heavy atom. The molecule has 1 amide bonds. The van der Waals surface area contributed by atoms with Crippen LogP contribution in [0.2, 0.25) is 0 Å². The third kappa shape index (κ3) is 3.35. The highest BCUT2D eigenvalue weighted by Gasteiger charge is 2.07. The van der Waals surface area contributed by atoms with Gasteiger partial charge in [-0.2, -0.15) is 0 Å². The zero-order valence-corrected chi connectivity index (χ0v) is 11.4. The van der Waals surface area contributed by atoms with Crippen molar-refractivity contribution in [2.75, 3.05) is 5.32 Å². The monoisotopic (exact) mass is 273 g/mol.